The average Bonchev–Trinajstić information content (AvgIpc) is 2.90. The summed E-state index contributed by atoms with van der Waals surface area (Å²) in [7, 11) is 0. The van der Waals surface area contributed by atoms with E-state index in [1.807, 2.05) is 16.8 Å². The minimum atomic E-state index is -0.236. The molecule has 1 aliphatic heterocycles. The Hall–Kier alpha value is -2.45. The molecule has 0 unspecified atom stereocenters. The number of nitriles is 1. The van der Waals surface area contributed by atoms with Gasteiger partial charge in [-0.1, -0.05) is 6.07 Å². The summed E-state index contributed by atoms with van der Waals surface area (Å²) in [5.41, 5.74) is 8.04. The topological polar surface area (TPSA) is 79.3 Å². The van der Waals surface area contributed by atoms with Gasteiger partial charge in [0, 0.05) is 11.6 Å². The minimum Gasteiger partial charge on any atom is -0.508 e. The van der Waals surface area contributed by atoms with Gasteiger partial charge in [-0.2, -0.15) is 16.6 Å². The molecule has 0 radical (unpaired) electrons. The maximum absolute atomic E-state index is 9.51. The van der Waals surface area contributed by atoms with Crippen LogP contribution in [0.25, 0.3) is 0 Å². The molecule has 3 N–H and O–H groups in total. The van der Waals surface area contributed by atoms with Gasteiger partial charge in [-0.15, -0.1) is 0 Å². The molecule has 0 spiro atoms. The van der Waals surface area contributed by atoms with Crippen molar-refractivity contribution >= 4 is 11.3 Å². The van der Waals surface area contributed by atoms with Crippen LogP contribution in [0.1, 0.15) is 17.0 Å². The molecule has 1 aromatic carbocycles. The van der Waals surface area contributed by atoms with Crippen molar-refractivity contribution in [1.29, 1.82) is 5.26 Å². The van der Waals surface area contributed by atoms with E-state index in [9.17, 15) is 10.4 Å². The fourth-order valence-electron chi connectivity index (χ4n) is 2.23. The Kier molecular flexibility index (Phi) is 2.65. The van der Waals surface area contributed by atoms with Gasteiger partial charge in [0.2, 0.25) is 5.88 Å². The number of phenolic OH excluding ortho intramolecular Hbond substituents is 1. The number of nitrogens with two attached hydrogens (primary N) is 1. The summed E-state index contributed by atoms with van der Waals surface area (Å²) in [4.78, 5) is 0. The predicted molar refractivity (Wildman–Crippen MR) is 71.7 cm³/mol. The Balaban J connectivity index is 2.23. The zero-order valence-electron chi connectivity index (χ0n) is 9.83. The van der Waals surface area contributed by atoms with Crippen LogP contribution < -0.4 is 10.5 Å². The highest BCUT2D eigenvalue weighted by atomic mass is 32.1. The summed E-state index contributed by atoms with van der Waals surface area (Å²) >= 11 is 1.56. The highest BCUT2D eigenvalue weighted by Gasteiger charge is 2.30. The Morgan fingerprint density at radius 2 is 2.21 bits per heavy atom. The van der Waals surface area contributed by atoms with Gasteiger partial charge in [0.05, 0.1) is 5.92 Å². The highest BCUT2D eigenvalue weighted by Crippen LogP contribution is 2.43. The minimum absolute atomic E-state index is 0.0943. The molecule has 0 fully saturated rings. The van der Waals surface area contributed by atoms with Crippen molar-refractivity contribution in [2.45, 2.75) is 5.92 Å². The lowest BCUT2D eigenvalue weighted by molar-refractivity contribution is 0.388. The number of fused-ring (bicyclic) bond motifs is 1. The zero-order chi connectivity index (χ0) is 13.4. The quantitative estimate of drug-likeness (QED) is 0.835. The Morgan fingerprint density at radius 3 is 2.89 bits per heavy atom. The van der Waals surface area contributed by atoms with Crippen LogP contribution in [0, 0.1) is 11.3 Å². The van der Waals surface area contributed by atoms with Crippen molar-refractivity contribution in [3.05, 3.63) is 57.6 Å². The lowest BCUT2D eigenvalue weighted by Gasteiger charge is -2.25. The first kappa shape index (κ1) is 11.6. The Bertz CT molecular complexity index is 699. The smallest absolute Gasteiger partial charge is 0.205 e. The molecule has 0 saturated carbocycles. The maximum Gasteiger partial charge on any atom is 0.205 e. The number of ether oxygens (including phenoxy) is 1. The van der Waals surface area contributed by atoms with Crippen LogP contribution in [0.2, 0.25) is 0 Å². The van der Waals surface area contributed by atoms with Gasteiger partial charge in [-0.25, -0.2) is 0 Å². The predicted octanol–water partition coefficient (Wildman–Crippen LogP) is 2.67. The molecule has 1 aromatic heterocycles. The van der Waals surface area contributed by atoms with Gasteiger partial charge in [0.1, 0.15) is 23.1 Å². The van der Waals surface area contributed by atoms with Crippen LogP contribution in [0.15, 0.2) is 46.5 Å². The van der Waals surface area contributed by atoms with Crippen LogP contribution in [0.5, 0.6) is 11.5 Å². The molecule has 1 atom stereocenters. The van der Waals surface area contributed by atoms with E-state index in [-0.39, 0.29) is 17.6 Å². The molecule has 2 aromatic rings. The first-order chi connectivity index (χ1) is 9.20. The molecule has 94 valence electrons. The summed E-state index contributed by atoms with van der Waals surface area (Å²) in [6.07, 6.45) is 0. The van der Waals surface area contributed by atoms with Crippen LogP contribution in [-0.4, -0.2) is 5.11 Å². The van der Waals surface area contributed by atoms with Crippen molar-refractivity contribution in [2.75, 3.05) is 0 Å². The van der Waals surface area contributed by atoms with E-state index in [4.69, 9.17) is 10.5 Å². The van der Waals surface area contributed by atoms with E-state index in [2.05, 4.69) is 6.07 Å². The second-order valence-corrected chi connectivity index (χ2v) is 4.98. The highest BCUT2D eigenvalue weighted by molar-refractivity contribution is 7.08. The molecule has 5 heteroatoms. The molecule has 1 aliphatic rings. The van der Waals surface area contributed by atoms with Crippen molar-refractivity contribution in [2.24, 2.45) is 5.73 Å². The number of rotatable bonds is 1. The lowest BCUT2D eigenvalue weighted by Crippen LogP contribution is -2.20. The number of aromatic hydroxyl groups is 1. The number of hydrogen-bond acceptors (Lipinski definition) is 5. The fraction of sp³-hybridized carbons (Fsp3) is 0.0714. The maximum atomic E-state index is 9.51. The Morgan fingerprint density at radius 1 is 1.37 bits per heavy atom. The monoisotopic (exact) mass is 270 g/mol. The zero-order valence-corrected chi connectivity index (χ0v) is 10.6. The molecule has 19 heavy (non-hydrogen) atoms. The normalized spacial score (nSPS) is 17.5. The number of allylic oxidation sites excluding steroid dienone is 1. The molecule has 0 bridgehead atoms. The first-order valence-corrected chi connectivity index (χ1v) is 6.57. The number of nitrogens with zero attached hydrogens (tertiary/aromatic N) is 1. The second-order valence-electron chi connectivity index (χ2n) is 4.20. The molecule has 0 amide bonds. The molecular weight excluding hydrogens is 260 g/mol. The van der Waals surface area contributed by atoms with Crippen LogP contribution >= 0.6 is 11.3 Å². The first-order valence-electron chi connectivity index (χ1n) is 5.63. The Labute approximate surface area is 114 Å². The van der Waals surface area contributed by atoms with E-state index in [0.29, 0.717) is 11.3 Å². The summed E-state index contributed by atoms with van der Waals surface area (Å²) in [6, 6.07) is 8.93. The van der Waals surface area contributed by atoms with Crippen molar-refractivity contribution < 1.29 is 9.84 Å². The van der Waals surface area contributed by atoms with E-state index in [1.165, 1.54) is 6.07 Å². The SMILES string of the molecule is N#CC1=C(N)Oc2cc(O)ccc2[C@@H]1c1ccsc1. The summed E-state index contributed by atoms with van der Waals surface area (Å²) in [5.74, 6) is 0.459. The largest absolute Gasteiger partial charge is 0.508 e. The number of hydrogen-bond donors (Lipinski definition) is 2. The average molecular weight is 270 g/mol. The van der Waals surface area contributed by atoms with Gasteiger partial charge in [0.15, 0.2) is 0 Å². The van der Waals surface area contributed by atoms with Crippen molar-refractivity contribution in [1.82, 2.24) is 0 Å². The molecule has 0 saturated heterocycles. The summed E-state index contributed by atoms with van der Waals surface area (Å²) < 4.78 is 5.42. The molecule has 3 rings (SSSR count). The fourth-order valence-corrected chi connectivity index (χ4v) is 2.91. The van der Waals surface area contributed by atoms with Crippen molar-refractivity contribution in [3.8, 4) is 17.6 Å². The standard InChI is InChI=1S/C14H10N2O2S/c15-6-11-13(8-3-4-19-7-8)10-2-1-9(17)5-12(10)18-14(11)16/h1-5,7,13,17H,16H2/t13-/m0/s1. The van der Waals surface area contributed by atoms with Crippen molar-refractivity contribution in [3.63, 3.8) is 0 Å². The number of benzene rings is 1. The second kappa shape index (κ2) is 4.34. The van der Waals surface area contributed by atoms with Crippen LogP contribution in [-0.2, 0) is 0 Å². The van der Waals surface area contributed by atoms with Gasteiger partial charge in [-0.3, -0.25) is 0 Å². The van der Waals surface area contributed by atoms with E-state index < -0.39 is 0 Å². The number of phenols is 1. The summed E-state index contributed by atoms with van der Waals surface area (Å²) in [5, 5.41) is 22.7. The van der Waals surface area contributed by atoms with Gasteiger partial charge < -0.3 is 15.6 Å². The van der Waals surface area contributed by atoms with E-state index >= 15 is 0 Å². The third kappa shape index (κ3) is 1.83. The van der Waals surface area contributed by atoms with Gasteiger partial charge >= 0.3 is 0 Å². The van der Waals surface area contributed by atoms with E-state index in [1.54, 1.807) is 23.5 Å². The molecular formula is C14H10N2O2S. The van der Waals surface area contributed by atoms with Gasteiger partial charge in [0.25, 0.3) is 0 Å². The van der Waals surface area contributed by atoms with Gasteiger partial charge in [-0.05, 0) is 28.5 Å². The third-order valence-corrected chi connectivity index (χ3v) is 3.78. The summed E-state index contributed by atoms with van der Waals surface area (Å²) in [6.45, 7) is 0. The molecule has 2 heterocycles. The number of thiophene rings is 1. The third-order valence-electron chi connectivity index (χ3n) is 3.08. The van der Waals surface area contributed by atoms with Crippen LogP contribution in [0.3, 0.4) is 0 Å². The van der Waals surface area contributed by atoms with E-state index in [0.717, 1.165) is 11.1 Å². The lowest BCUT2D eigenvalue weighted by atomic mass is 9.85. The molecule has 4 nitrogen and oxygen atoms in total. The molecule has 0 aliphatic carbocycles. The van der Waals surface area contributed by atoms with Crippen LogP contribution in [0.4, 0.5) is 0 Å².